The maximum Gasteiger partial charge on any atom is 0.471 e. The third-order valence-corrected chi connectivity index (χ3v) is 2.41. The fourth-order valence-corrected chi connectivity index (χ4v) is 1.37. The second-order valence-electron chi connectivity index (χ2n) is 3.97. The minimum absolute atomic E-state index is 0.117. The molecular weight excluding hydrogens is 353 g/mol. The molecule has 1 rings (SSSR count). The largest absolute Gasteiger partial charge is 0.471 e. The van der Waals surface area contributed by atoms with E-state index in [4.69, 9.17) is 5.21 Å². The average Bonchev–Trinajstić information content (AvgIpc) is 2.64. The van der Waals surface area contributed by atoms with Crippen LogP contribution in [0.3, 0.4) is 0 Å². The molecule has 0 aliphatic heterocycles. The minimum Gasteiger partial charge on any atom is -0.411 e. The highest BCUT2D eigenvalue weighted by Gasteiger charge is 2.66. The number of nitrogens with zero attached hydrogens (tertiary/aromatic N) is 3. The van der Waals surface area contributed by atoms with Crippen molar-refractivity contribution in [2.24, 2.45) is 12.2 Å². The molecule has 0 spiro atoms. The van der Waals surface area contributed by atoms with Crippen molar-refractivity contribution in [3.63, 3.8) is 0 Å². The van der Waals surface area contributed by atoms with Gasteiger partial charge in [0.25, 0.3) is 5.88 Å². The molecule has 0 aromatic carbocycles. The van der Waals surface area contributed by atoms with Crippen LogP contribution in [0.4, 0.5) is 39.5 Å². The molecule has 23 heavy (non-hydrogen) atoms. The van der Waals surface area contributed by atoms with Gasteiger partial charge >= 0.3 is 24.6 Å². The number of oxime groups is 1. The molecule has 1 N–H and O–H groups in total. The summed E-state index contributed by atoms with van der Waals surface area (Å²) in [7, 11) is 0.752. The third-order valence-electron chi connectivity index (χ3n) is 2.41. The van der Waals surface area contributed by atoms with Crippen molar-refractivity contribution in [1.29, 1.82) is 0 Å². The van der Waals surface area contributed by atoms with Crippen molar-refractivity contribution >= 4 is 6.21 Å². The summed E-state index contributed by atoms with van der Waals surface area (Å²) < 4.78 is 117. The minimum atomic E-state index is -6.07. The maximum absolute atomic E-state index is 13.1. The molecule has 0 bridgehead atoms. The van der Waals surface area contributed by atoms with Crippen LogP contribution in [0.25, 0.3) is 0 Å². The van der Waals surface area contributed by atoms with Crippen LogP contribution < -0.4 is 4.74 Å². The number of rotatable bonds is 5. The lowest BCUT2D eigenvalue weighted by Gasteiger charge is -2.25. The summed E-state index contributed by atoms with van der Waals surface area (Å²) in [5, 5.41) is 13.2. The summed E-state index contributed by atoms with van der Waals surface area (Å²) >= 11 is 0. The molecular formula is C9H6F9N3O2. The molecule has 0 radical (unpaired) electrons. The molecule has 0 aliphatic rings. The van der Waals surface area contributed by atoms with Gasteiger partial charge in [-0.25, -0.2) is 8.78 Å². The zero-order chi connectivity index (χ0) is 18.2. The van der Waals surface area contributed by atoms with Gasteiger partial charge in [0.2, 0.25) is 0 Å². The summed E-state index contributed by atoms with van der Waals surface area (Å²) in [4.78, 5) is 0. The van der Waals surface area contributed by atoms with Gasteiger partial charge in [-0.05, 0) is 0 Å². The van der Waals surface area contributed by atoms with Crippen molar-refractivity contribution < 1.29 is 49.5 Å². The van der Waals surface area contributed by atoms with Crippen molar-refractivity contribution in [1.82, 2.24) is 9.78 Å². The molecule has 132 valence electrons. The lowest BCUT2D eigenvalue weighted by atomic mass is 10.2. The van der Waals surface area contributed by atoms with Gasteiger partial charge in [-0.15, -0.1) is 5.10 Å². The highest BCUT2D eigenvalue weighted by molar-refractivity contribution is 5.80. The maximum atomic E-state index is 13.1. The summed E-state index contributed by atoms with van der Waals surface area (Å²) in [6, 6.07) is 0. The average molecular weight is 359 g/mol. The first-order chi connectivity index (χ1) is 10.3. The molecule has 0 saturated carbocycles. The first-order valence-corrected chi connectivity index (χ1v) is 5.30. The van der Waals surface area contributed by atoms with Gasteiger partial charge in [0.05, 0.1) is 11.9 Å². The molecule has 1 aromatic heterocycles. The molecule has 14 heteroatoms. The number of aryl methyl sites for hydroxylation is 1. The summed E-state index contributed by atoms with van der Waals surface area (Å²) in [5.41, 5.74) is -3.24. The van der Waals surface area contributed by atoms with Crippen molar-refractivity contribution in [2.45, 2.75) is 24.6 Å². The Balaban J connectivity index is 3.43. The molecule has 0 saturated heterocycles. The van der Waals surface area contributed by atoms with E-state index in [2.05, 4.69) is 15.0 Å². The first kappa shape index (κ1) is 18.9. The van der Waals surface area contributed by atoms with Crippen LogP contribution >= 0.6 is 0 Å². The Morgan fingerprint density at radius 2 is 1.70 bits per heavy atom. The van der Waals surface area contributed by atoms with Crippen LogP contribution in [0.1, 0.15) is 11.3 Å². The van der Waals surface area contributed by atoms with Gasteiger partial charge in [0, 0.05) is 7.05 Å². The fourth-order valence-electron chi connectivity index (χ4n) is 1.37. The van der Waals surface area contributed by atoms with E-state index in [0.29, 0.717) is 0 Å². The molecule has 1 aromatic rings. The monoisotopic (exact) mass is 359 g/mol. The van der Waals surface area contributed by atoms with E-state index in [-0.39, 0.29) is 10.9 Å². The van der Waals surface area contributed by atoms with Crippen LogP contribution in [0.5, 0.6) is 5.88 Å². The van der Waals surface area contributed by atoms with Gasteiger partial charge < -0.3 is 9.94 Å². The van der Waals surface area contributed by atoms with Gasteiger partial charge in [-0.2, -0.15) is 30.7 Å². The van der Waals surface area contributed by atoms with Crippen LogP contribution in [0.15, 0.2) is 5.16 Å². The van der Waals surface area contributed by atoms with Crippen LogP contribution in [-0.2, 0) is 13.2 Å². The Kier molecular flexibility index (Phi) is 4.77. The third kappa shape index (κ3) is 3.44. The number of aromatic nitrogens is 2. The van der Waals surface area contributed by atoms with E-state index >= 15 is 0 Å². The number of alkyl halides is 9. The Labute approximate surface area is 120 Å². The normalized spacial score (nSPS) is 14.0. The summed E-state index contributed by atoms with van der Waals surface area (Å²) in [5.74, 6) is -8.15. The zero-order valence-electron chi connectivity index (χ0n) is 10.8. The number of hydrogen-bond donors (Lipinski definition) is 1. The van der Waals surface area contributed by atoms with Gasteiger partial charge in [-0.1, -0.05) is 5.16 Å². The van der Waals surface area contributed by atoms with Gasteiger partial charge in [0.1, 0.15) is 5.56 Å². The Bertz CT molecular complexity index is 594. The topological polar surface area (TPSA) is 59.6 Å². The molecule has 0 fully saturated rings. The molecule has 0 unspecified atom stereocenters. The number of ether oxygens (including phenoxy) is 1. The van der Waals surface area contributed by atoms with Crippen LogP contribution in [0, 0.1) is 0 Å². The Morgan fingerprint density at radius 1 is 1.17 bits per heavy atom. The van der Waals surface area contributed by atoms with E-state index in [1.807, 2.05) is 0 Å². The first-order valence-electron chi connectivity index (χ1n) is 5.30. The van der Waals surface area contributed by atoms with E-state index < -0.39 is 41.8 Å². The van der Waals surface area contributed by atoms with Crippen LogP contribution in [-0.4, -0.2) is 39.7 Å². The SMILES string of the molecule is Cn1nc(OC(F)(F)C(F)(F)C(F)F)c(C(F)(F)F)c1C=NO. The van der Waals surface area contributed by atoms with E-state index in [0.717, 1.165) is 7.05 Å². The lowest BCUT2D eigenvalue weighted by molar-refractivity contribution is -0.343. The Hall–Kier alpha value is -2.15. The predicted molar refractivity (Wildman–Crippen MR) is 54.1 cm³/mol. The fraction of sp³-hybridized carbons (Fsp3) is 0.556. The van der Waals surface area contributed by atoms with Gasteiger partial charge in [-0.3, -0.25) is 4.68 Å². The zero-order valence-corrected chi connectivity index (χ0v) is 10.8. The smallest absolute Gasteiger partial charge is 0.411 e. The highest BCUT2D eigenvalue weighted by Crippen LogP contribution is 2.44. The van der Waals surface area contributed by atoms with Crippen LogP contribution in [0.2, 0.25) is 0 Å². The van der Waals surface area contributed by atoms with Crippen molar-refractivity contribution in [3.05, 3.63) is 11.3 Å². The van der Waals surface area contributed by atoms with Crippen molar-refractivity contribution in [3.8, 4) is 5.88 Å². The molecule has 0 amide bonds. The lowest BCUT2D eigenvalue weighted by Crippen LogP contribution is -2.50. The second-order valence-corrected chi connectivity index (χ2v) is 3.97. The number of hydrogen-bond acceptors (Lipinski definition) is 4. The van der Waals surface area contributed by atoms with E-state index in [1.54, 1.807) is 0 Å². The van der Waals surface area contributed by atoms with E-state index in [9.17, 15) is 39.5 Å². The van der Waals surface area contributed by atoms with E-state index in [1.165, 1.54) is 0 Å². The number of halogens is 9. The molecule has 1 heterocycles. The van der Waals surface area contributed by atoms with Crippen molar-refractivity contribution in [2.75, 3.05) is 0 Å². The second kappa shape index (κ2) is 5.81. The summed E-state index contributed by atoms with van der Waals surface area (Å²) in [6.45, 7) is 0. The standard InChI is InChI=1S/C9H6F9N3O2/c1-21-3(2-19-22)4(8(14,15)16)5(20-21)23-9(17,18)7(12,13)6(10)11/h2,6,22H,1H3. The molecule has 5 nitrogen and oxygen atoms in total. The predicted octanol–water partition coefficient (Wildman–Crippen LogP) is 3.12. The van der Waals surface area contributed by atoms with Gasteiger partial charge in [0.15, 0.2) is 0 Å². The molecule has 0 aliphatic carbocycles. The summed E-state index contributed by atoms with van der Waals surface area (Å²) in [6.07, 6.45) is -16.2. The Morgan fingerprint density at radius 3 is 2.09 bits per heavy atom. The quantitative estimate of drug-likeness (QED) is 0.380. The molecule has 0 atom stereocenters. The highest BCUT2D eigenvalue weighted by atomic mass is 19.4.